The number of nitrogens with zero attached hydrogens (tertiary/aromatic N) is 1. The van der Waals surface area contributed by atoms with E-state index >= 15 is 0 Å². The molecule has 0 aliphatic carbocycles. The molecule has 0 unspecified atom stereocenters. The molecule has 0 saturated heterocycles. The van der Waals surface area contributed by atoms with Crippen molar-refractivity contribution < 1.29 is 14.3 Å². The fourth-order valence-electron chi connectivity index (χ4n) is 2.75. The van der Waals surface area contributed by atoms with Crippen molar-refractivity contribution in [1.82, 2.24) is 10.7 Å². The summed E-state index contributed by atoms with van der Waals surface area (Å²) < 4.78 is 5.85. The summed E-state index contributed by atoms with van der Waals surface area (Å²) >= 11 is 0. The SMILES string of the molecule is C[C@@H](NC(=O)C(=O)NN=Cc1ccccc1OCc1ccccc1)c1ccccc1. The van der Waals surface area contributed by atoms with Crippen LogP contribution in [0.5, 0.6) is 5.75 Å². The van der Waals surface area contributed by atoms with Crippen LogP contribution in [0.25, 0.3) is 0 Å². The first-order chi connectivity index (χ1) is 14.6. The summed E-state index contributed by atoms with van der Waals surface area (Å²) in [7, 11) is 0. The van der Waals surface area contributed by atoms with Crippen LogP contribution in [-0.2, 0) is 16.2 Å². The van der Waals surface area contributed by atoms with Gasteiger partial charge in [0.1, 0.15) is 12.4 Å². The number of nitrogens with one attached hydrogen (secondary N) is 2. The fraction of sp³-hybridized carbons (Fsp3) is 0.125. The van der Waals surface area contributed by atoms with Gasteiger partial charge in [0.2, 0.25) is 0 Å². The molecule has 2 amide bonds. The molecule has 6 heteroatoms. The minimum atomic E-state index is -0.836. The molecular weight excluding hydrogens is 378 g/mol. The Morgan fingerprint density at radius 1 is 0.900 bits per heavy atom. The third-order valence-electron chi connectivity index (χ3n) is 4.38. The molecular formula is C24H23N3O3. The minimum absolute atomic E-state index is 0.291. The zero-order chi connectivity index (χ0) is 21.2. The summed E-state index contributed by atoms with van der Waals surface area (Å²) in [5.41, 5.74) is 4.89. The molecule has 2 N–H and O–H groups in total. The molecule has 0 radical (unpaired) electrons. The molecule has 0 saturated carbocycles. The molecule has 0 bridgehead atoms. The lowest BCUT2D eigenvalue weighted by molar-refractivity contribution is -0.139. The maximum absolute atomic E-state index is 12.1. The Balaban J connectivity index is 1.54. The lowest BCUT2D eigenvalue weighted by atomic mass is 10.1. The maximum Gasteiger partial charge on any atom is 0.329 e. The van der Waals surface area contributed by atoms with E-state index in [4.69, 9.17) is 4.74 Å². The molecule has 6 nitrogen and oxygen atoms in total. The van der Waals surface area contributed by atoms with Crippen molar-refractivity contribution in [2.75, 3.05) is 0 Å². The number of ether oxygens (including phenoxy) is 1. The highest BCUT2D eigenvalue weighted by molar-refractivity contribution is 6.35. The molecule has 30 heavy (non-hydrogen) atoms. The molecule has 3 aromatic rings. The van der Waals surface area contributed by atoms with Gasteiger partial charge in [-0.15, -0.1) is 0 Å². The predicted molar refractivity (Wildman–Crippen MR) is 116 cm³/mol. The van der Waals surface area contributed by atoms with Crippen LogP contribution in [0.2, 0.25) is 0 Å². The zero-order valence-corrected chi connectivity index (χ0v) is 16.6. The summed E-state index contributed by atoms with van der Waals surface area (Å²) in [4.78, 5) is 24.1. The van der Waals surface area contributed by atoms with E-state index in [2.05, 4.69) is 15.8 Å². The zero-order valence-electron chi connectivity index (χ0n) is 16.6. The highest BCUT2D eigenvalue weighted by atomic mass is 16.5. The summed E-state index contributed by atoms with van der Waals surface area (Å²) in [6.45, 7) is 2.22. The van der Waals surface area contributed by atoms with Gasteiger partial charge in [-0.3, -0.25) is 9.59 Å². The summed E-state index contributed by atoms with van der Waals surface area (Å²) in [6, 6.07) is 26.2. The molecule has 152 valence electrons. The van der Waals surface area contributed by atoms with E-state index in [-0.39, 0.29) is 6.04 Å². The minimum Gasteiger partial charge on any atom is -0.488 e. The Morgan fingerprint density at radius 2 is 1.53 bits per heavy atom. The average molecular weight is 401 g/mol. The van der Waals surface area contributed by atoms with Crippen molar-refractivity contribution in [1.29, 1.82) is 0 Å². The Bertz CT molecular complexity index is 1000. The number of para-hydroxylation sites is 1. The molecule has 1 atom stereocenters. The van der Waals surface area contributed by atoms with Gasteiger partial charge in [-0.05, 0) is 30.2 Å². The topological polar surface area (TPSA) is 79.8 Å². The molecule has 3 rings (SSSR count). The van der Waals surface area contributed by atoms with Gasteiger partial charge in [-0.1, -0.05) is 72.8 Å². The largest absolute Gasteiger partial charge is 0.488 e. The van der Waals surface area contributed by atoms with E-state index in [9.17, 15) is 9.59 Å². The third-order valence-corrected chi connectivity index (χ3v) is 4.38. The molecule has 3 aromatic carbocycles. The van der Waals surface area contributed by atoms with Gasteiger partial charge in [0, 0.05) is 5.56 Å². The quantitative estimate of drug-likeness (QED) is 0.361. The summed E-state index contributed by atoms with van der Waals surface area (Å²) in [5, 5.41) is 6.54. The second kappa shape index (κ2) is 10.6. The number of rotatable bonds is 7. The standard InChI is InChI=1S/C24H23N3O3/c1-18(20-12-6-3-7-13-20)26-23(28)24(29)27-25-16-21-14-8-9-15-22(21)30-17-19-10-4-2-5-11-19/h2-16,18H,17H2,1H3,(H,26,28)(H,27,29)/t18-/m1/s1. The van der Waals surface area contributed by atoms with Crippen molar-refractivity contribution in [2.45, 2.75) is 19.6 Å². The van der Waals surface area contributed by atoms with Gasteiger partial charge in [0.05, 0.1) is 12.3 Å². The number of carbonyl (C=O) groups is 2. The Kier molecular flexibility index (Phi) is 7.33. The van der Waals surface area contributed by atoms with E-state index in [1.165, 1.54) is 6.21 Å². The van der Waals surface area contributed by atoms with Crippen molar-refractivity contribution in [3.63, 3.8) is 0 Å². The van der Waals surface area contributed by atoms with Crippen molar-refractivity contribution in [3.8, 4) is 5.75 Å². The Hall–Kier alpha value is -3.93. The van der Waals surface area contributed by atoms with Crippen LogP contribution in [0, 0.1) is 0 Å². The third kappa shape index (κ3) is 6.04. The first kappa shape index (κ1) is 20.8. The second-order valence-corrected chi connectivity index (χ2v) is 6.62. The van der Waals surface area contributed by atoms with Gasteiger partial charge >= 0.3 is 11.8 Å². The Labute approximate surface area is 175 Å². The van der Waals surface area contributed by atoms with Gasteiger partial charge in [-0.25, -0.2) is 5.43 Å². The van der Waals surface area contributed by atoms with Gasteiger partial charge in [0.25, 0.3) is 0 Å². The first-order valence-corrected chi connectivity index (χ1v) is 9.58. The number of benzene rings is 3. The fourth-order valence-corrected chi connectivity index (χ4v) is 2.75. The van der Waals surface area contributed by atoms with E-state index in [1.807, 2.05) is 91.9 Å². The van der Waals surface area contributed by atoms with Crippen LogP contribution < -0.4 is 15.5 Å². The maximum atomic E-state index is 12.1. The lowest BCUT2D eigenvalue weighted by Gasteiger charge is -2.13. The van der Waals surface area contributed by atoms with Crippen LogP contribution in [0.3, 0.4) is 0 Å². The van der Waals surface area contributed by atoms with Crippen LogP contribution in [0.1, 0.15) is 29.7 Å². The smallest absolute Gasteiger partial charge is 0.329 e. The number of carbonyl (C=O) groups excluding carboxylic acids is 2. The summed E-state index contributed by atoms with van der Waals surface area (Å²) in [5.74, 6) is -0.963. The first-order valence-electron chi connectivity index (χ1n) is 9.58. The average Bonchev–Trinajstić information content (AvgIpc) is 2.79. The molecule has 0 spiro atoms. The van der Waals surface area contributed by atoms with Crippen LogP contribution in [-0.4, -0.2) is 18.0 Å². The lowest BCUT2D eigenvalue weighted by Crippen LogP contribution is -2.39. The molecule has 0 aliphatic rings. The predicted octanol–water partition coefficient (Wildman–Crippen LogP) is 3.59. The van der Waals surface area contributed by atoms with Crippen molar-refractivity contribution in [2.24, 2.45) is 5.10 Å². The van der Waals surface area contributed by atoms with E-state index in [0.717, 1.165) is 11.1 Å². The number of hydrogen-bond donors (Lipinski definition) is 2. The molecule has 0 aromatic heterocycles. The second-order valence-electron chi connectivity index (χ2n) is 6.62. The van der Waals surface area contributed by atoms with Crippen LogP contribution >= 0.6 is 0 Å². The van der Waals surface area contributed by atoms with Gasteiger partial charge in [0.15, 0.2) is 0 Å². The van der Waals surface area contributed by atoms with Crippen LogP contribution in [0.4, 0.5) is 0 Å². The monoisotopic (exact) mass is 401 g/mol. The number of hydrazone groups is 1. The Morgan fingerprint density at radius 3 is 2.27 bits per heavy atom. The van der Waals surface area contributed by atoms with Gasteiger partial charge in [-0.2, -0.15) is 5.10 Å². The number of hydrogen-bond acceptors (Lipinski definition) is 4. The van der Waals surface area contributed by atoms with E-state index in [1.54, 1.807) is 0 Å². The molecule has 0 aliphatic heterocycles. The van der Waals surface area contributed by atoms with Crippen molar-refractivity contribution in [3.05, 3.63) is 102 Å². The molecule has 0 fully saturated rings. The van der Waals surface area contributed by atoms with Crippen LogP contribution in [0.15, 0.2) is 90.0 Å². The van der Waals surface area contributed by atoms with Crippen molar-refractivity contribution >= 4 is 18.0 Å². The van der Waals surface area contributed by atoms with Gasteiger partial charge < -0.3 is 10.1 Å². The van der Waals surface area contributed by atoms with E-state index in [0.29, 0.717) is 17.9 Å². The summed E-state index contributed by atoms with van der Waals surface area (Å²) in [6.07, 6.45) is 1.45. The van der Waals surface area contributed by atoms with E-state index < -0.39 is 11.8 Å². The molecule has 0 heterocycles. The number of amides is 2. The normalized spacial score (nSPS) is 11.6. The highest BCUT2D eigenvalue weighted by Crippen LogP contribution is 2.17. The highest BCUT2D eigenvalue weighted by Gasteiger charge is 2.16.